The number of rotatable bonds is 4. The van der Waals surface area contributed by atoms with Gasteiger partial charge in [0.05, 0.1) is 33.2 Å². The Morgan fingerprint density at radius 1 is 0.451 bits per heavy atom. The Morgan fingerprint density at radius 2 is 0.863 bits per heavy atom. The quantitative estimate of drug-likeness (QED) is 0.188. The molecule has 0 radical (unpaired) electrons. The number of benzene rings is 6. The minimum Gasteiger partial charge on any atom is -0.454 e. The van der Waals surface area contributed by atoms with Crippen LogP contribution in [0.4, 0.5) is 0 Å². The van der Waals surface area contributed by atoms with E-state index in [4.69, 9.17) is 4.74 Å². The second-order valence-electron chi connectivity index (χ2n) is 15.4. The summed E-state index contributed by atoms with van der Waals surface area (Å²) in [6.07, 6.45) is 0. The normalized spacial score (nSPS) is 12.1. The fourth-order valence-electron chi connectivity index (χ4n) is 7.23. The highest BCUT2D eigenvalue weighted by Crippen LogP contribution is 2.41. The van der Waals surface area contributed by atoms with Gasteiger partial charge in [0.25, 0.3) is 0 Å². The maximum Gasteiger partial charge on any atom is 0.147 e. The Hall–Kier alpha value is -6.30. The Kier molecular flexibility index (Phi) is 7.30. The van der Waals surface area contributed by atoms with Crippen LogP contribution >= 0.6 is 0 Å². The Balaban J connectivity index is 1.36. The third kappa shape index (κ3) is 5.30. The average Bonchev–Trinajstić information content (AvgIpc) is 3.62. The van der Waals surface area contributed by atoms with Crippen molar-refractivity contribution >= 4 is 43.6 Å². The summed E-state index contributed by atoms with van der Waals surface area (Å²) in [7, 11) is 0. The molecule has 6 aromatic carbocycles. The molecule has 0 fully saturated rings. The molecule has 0 aliphatic carbocycles. The topological polar surface area (TPSA) is 66.7 Å². The monoisotopic (exact) mass is 662 g/mol. The van der Waals surface area contributed by atoms with Crippen LogP contribution in [0.3, 0.4) is 0 Å². The molecule has 0 spiro atoms. The van der Waals surface area contributed by atoms with E-state index in [1.807, 2.05) is 48.5 Å². The van der Waals surface area contributed by atoms with E-state index in [9.17, 15) is 10.5 Å². The first kappa shape index (κ1) is 31.9. The van der Waals surface area contributed by atoms with Crippen LogP contribution in [-0.4, -0.2) is 9.13 Å². The highest BCUT2D eigenvalue weighted by molar-refractivity contribution is 6.11. The van der Waals surface area contributed by atoms with Gasteiger partial charge >= 0.3 is 0 Å². The smallest absolute Gasteiger partial charge is 0.147 e. The third-order valence-corrected chi connectivity index (χ3v) is 9.95. The number of aromatic nitrogens is 2. The molecule has 51 heavy (non-hydrogen) atoms. The van der Waals surface area contributed by atoms with Gasteiger partial charge in [-0.15, -0.1) is 0 Å². The Labute approximate surface area is 298 Å². The van der Waals surface area contributed by atoms with E-state index in [1.54, 1.807) is 0 Å². The van der Waals surface area contributed by atoms with Gasteiger partial charge in [0.15, 0.2) is 0 Å². The first-order chi connectivity index (χ1) is 24.5. The molecule has 2 aromatic heterocycles. The number of hydrogen-bond acceptors (Lipinski definition) is 3. The molecule has 8 aromatic rings. The zero-order valence-electron chi connectivity index (χ0n) is 29.7. The molecular formula is C46H38N4O. The van der Waals surface area contributed by atoms with E-state index in [1.165, 1.54) is 11.1 Å². The van der Waals surface area contributed by atoms with Crippen LogP contribution in [0.25, 0.3) is 55.0 Å². The SMILES string of the molecule is CC(C)(C)c1cccc(-n2c3ccccc3c3cc(C#N)c(Oc4cc5c(cc4C#N)c4ccccc4n5-c4cccc(C(C)(C)C)c4)cc32)c1. The molecule has 0 aliphatic heterocycles. The van der Waals surface area contributed by atoms with Crippen LogP contribution in [0.1, 0.15) is 63.8 Å². The van der Waals surface area contributed by atoms with Crippen molar-refractivity contribution in [3.8, 4) is 35.0 Å². The van der Waals surface area contributed by atoms with Crippen molar-refractivity contribution in [3.05, 3.63) is 144 Å². The largest absolute Gasteiger partial charge is 0.454 e. The van der Waals surface area contributed by atoms with E-state index < -0.39 is 0 Å². The van der Waals surface area contributed by atoms with E-state index in [0.29, 0.717) is 22.6 Å². The number of nitriles is 2. The summed E-state index contributed by atoms with van der Waals surface area (Å²) in [4.78, 5) is 0. The number of hydrogen-bond donors (Lipinski definition) is 0. The number of nitrogens with zero attached hydrogens (tertiary/aromatic N) is 4. The highest BCUT2D eigenvalue weighted by atomic mass is 16.5. The van der Waals surface area contributed by atoms with E-state index in [-0.39, 0.29) is 10.8 Å². The van der Waals surface area contributed by atoms with Gasteiger partial charge < -0.3 is 13.9 Å². The lowest BCUT2D eigenvalue weighted by Gasteiger charge is -2.20. The summed E-state index contributed by atoms with van der Waals surface area (Å²) >= 11 is 0. The molecule has 0 N–H and O–H groups in total. The van der Waals surface area contributed by atoms with Crippen LogP contribution < -0.4 is 4.74 Å². The van der Waals surface area contributed by atoms with Crippen molar-refractivity contribution in [1.82, 2.24) is 9.13 Å². The minimum atomic E-state index is -0.0279. The third-order valence-electron chi connectivity index (χ3n) is 9.95. The maximum absolute atomic E-state index is 10.4. The Bertz CT molecular complexity index is 2580. The van der Waals surface area contributed by atoms with Gasteiger partial charge in [-0.3, -0.25) is 0 Å². The maximum atomic E-state index is 10.4. The zero-order valence-corrected chi connectivity index (χ0v) is 29.7. The van der Waals surface area contributed by atoms with E-state index >= 15 is 0 Å². The predicted molar refractivity (Wildman–Crippen MR) is 208 cm³/mol. The molecule has 0 unspecified atom stereocenters. The predicted octanol–water partition coefficient (Wildman–Crippen LogP) is 12.0. The van der Waals surface area contributed by atoms with Gasteiger partial charge in [0.1, 0.15) is 23.6 Å². The lowest BCUT2D eigenvalue weighted by molar-refractivity contribution is 0.481. The van der Waals surface area contributed by atoms with Crippen LogP contribution in [0.5, 0.6) is 11.5 Å². The zero-order chi connectivity index (χ0) is 35.7. The van der Waals surface area contributed by atoms with E-state index in [2.05, 4.69) is 136 Å². The second-order valence-corrected chi connectivity index (χ2v) is 15.4. The fraction of sp³-hybridized carbons (Fsp3) is 0.174. The molecule has 0 amide bonds. The van der Waals surface area contributed by atoms with Crippen molar-refractivity contribution in [3.63, 3.8) is 0 Å². The molecule has 0 bridgehead atoms. The molecule has 0 saturated carbocycles. The second kappa shape index (κ2) is 11.7. The van der Waals surface area contributed by atoms with E-state index in [0.717, 1.165) is 55.0 Å². The molecule has 5 heteroatoms. The van der Waals surface area contributed by atoms with Gasteiger partial charge in [0.2, 0.25) is 0 Å². The van der Waals surface area contributed by atoms with Gasteiger partial charge in [-0.2, -0.15) is 10.5 Å². The molecule has 8 rings (SSSR count). The molecule has 5 nitrogen and oxygen atoms in total. The number of fused-ring (bicyclic) bond motifs is 6. The summed E-state index contributed by atoms with van der Waals surface area (Å²) in [5.41, 5.74) is 9.19. The lowest BCUT2D eigenvalue weighted by atomic mass is 9.87. The summed E-state index contributed by atoms with van der Waals surface area (Å²) in [6, 6.07) is 46.3. The van der Waals surface area contributed by atoms with Crippen LogP contribution in [0.2, 0.25) is 0 Å². The summed E-state index contributed by atoms with van der Waals surface area (Å²) in [6.45, 7) is 13.3. The molecule has 248 valence electrons. The molecule has 0 aliphatic rings. The summed E-state index contributed by atoms with van der Waals surface area (Å²) < 4.78 is 11.2. The standard InChI is InChI=1S/C46H38N4O/c1-45(2,3)31-13-11-15-33(23-31)49-39-19-9-7-17-35(39)37-21-29(27-47)43(25-41(37)49)51-44-26-42-38(22-30(44)28-48)36-18-8-10-20-40(36)50(42)34-16-12-14-32(24-34)46(4,5)6/h7-26H,1-6H3. The van der Waals surface area contributed by atoms with Gasteiger partial charge in [0, 0.05) is 45.1 Å². The molecule has 0 saturated heterocycles. The van der Waals surface area contributed by atoms with Gasteiger partial charge in [-0.05, 0) is 70.5 Å². The molecule has 2 heterocycles. The number of ether oxygens (including phenoxy) is 1. The van der Waals surface area contributed by atoms with Crippen molar-refractivity contribution in [2.24, 2.45) is 0 Å². The van der Waals surface area contributed by atoms with Crippen molar-refractivity contribution in [2.45, 2.75) is 52.4 Å². The van der Waals surface area contributed by atoms with Crippen molar-refractivity contribution in [2.75, 3.05) is 0 Å². The van der Waals surface area contributed by atoms with Crippen LogP contribution in [0.15, 0.2) is 121 Å². The van der Waals surface area contributed by atoms with Crippen molar-refractivity contribution in [1.29, 1.82) is 10.5 Å². The van der Waals surface area contributed by atoms with Gasteiger partial charge in [-0.1, -0.05) is 102 Å². The van der Waals surface area contributed by atoms with Crippen molar-refractivity contribution < 1.29 is 4.74 Å². The number of para-hydroxylation sites is 2. The molecule has 0 atom stereocenters. The average molecular weight is 663 g/mol. The summed E-state index contributed by atoms with van der Waals surface area (Å²) in [5.74, 6) is 0.795. The highest BCUT2D eigenvalue weighted by Gasteiger charge is 2.22. The first-order valence-electron chi connectivity index (χ1n) is 17.3. The first-order valence-corrected chi connectivity index (χ1v) is 17.3. The lowest BCUT2D eigenvalue weighted by Crippen LogP contribution is -2.11. The molecular weight excluding hydrogens is 625 g/mol. The van der Waals surface area contributed by atoms with Crippen LogP contribution in [-0.2, 0) is 10.8 Å². The fourth-order valence-corrected chi connectivity index (χ4v) is 7.23. The van der Waals surface area contributed by atoms with Crippen LogP contribution in [0, 0.1) is 22.7 Å². The van der Waals surface area contributed by atoms with Gasteiger partial charge in [-0.25, -0.2) is 0 Å². The minimum absolute atomic E-state index is 0.0279. The summed E-state index contributed by atoms with van der Waals surface area (Å²) in [5, 5.41) is 24.9. The Morgan fingerprint density at radius 3 is 1.25 bits per heavy atom.